The van der Waals surface area contributed by atoms with Crippen LogP contribution in [0.5, 0.6) is 5.75 Å². The van der Waals surface area contributed by atoms with E-state index in [4.69, 9.17) is 9.15 Å². The van der Waals surface area contributed by atoms with E-state index in [1.807, 2.05) is 43.0 Å². The molecule has 0 saturated heterocycles. The molecular weight excluding hydrogens is 416 g/mol. The molecule has 2 amide bonds. The molecule has 1 aliphatic heterocycles. The minimum absolute atomic E-state index is 0.127. The van der Waals surface area contributed by atoms with Gasteiger partial charge in [-0.1, -0.05) is 42.0 Å². The zero-order valence-electron chi connectivity index (χ0n) is 19.2. The topological polar surface area (TPSA) is 71.8 Å². The molecule has 6 nitrogen and oxygen atoms in total. The third-order valence-electron chi connectivity index (χ3n) is 5.92. The van der Waals surface area contributed by atoms with Crippen molar-refractivity contribution in [3.8, 4) is 5.75 Å². The maximum atomic E-state index is 12.5. The number of rotatable bonds is 8. The van der Waals surface area contributed by atoms with Gasteiger partial charge >= 0.3 is 0 Å². The van der Waals surface area contributed by atoms with E-state index in [9.17, 15) is 9.59 Å². The SMILES string of the molecule is Cc1ccc(OCc2ccc(C(=O)NCCCC(=O)N3CCc4ccccc4C3)o2)c(C)c1. The van der Waals surface area contributed by atoms with E-state index < -0.39 is 0 Å². The van der Waals surface area contributed by atoms with Gasteiger partial charge in [-0.3, -0.25) is 9.59 Å². The van der Waals surface area contributed by atoms with Crippen LogP contribution in [-0.4, -0.2) is 29.8 Å². The van der Waals surface area contributed by atoms with Gasteiger partial charge in [-0.05, 0) is 61.6 Å². The molecule has 0 atom stereocenters. The van der Waals surface area contributed by atoms with Crippen LogP contribution in [-0.2, 0) is 24.4 Å². The number of benzene rings is 2. The number of aryl methyl sites for hydroxylation is 2. The van der Waals surface area contributed by atoms with Gasteiger partial charge in [0.2, 0.25) is 5.91 Å². The van der Waals surface area contributed by atoms with E-state index >= 15 is 0 Å². The Kier molecular flexibility index (Phi) is 7.13. The number of hydrogen-bond acceptors (Lipinski definition) is 4. The summed E-state index contributed by atoms with van der Waals surface area (Å²) in [5.41, 5.74) is 4.79. The lowest BCUT2D eigenvalue weighted by molar-refractivity contribution is -0.132. The highest BCUT2D eigenvalue weighted by Crippen LogP contribution is 2.21. The monoisotopic (exact) mass is 446 g/mol. The average molecular weight is 447 g/mol. The molecule has 0 saturated carbocycles. The first kappa shape index (κ1) is 22.6. The van der Waals surface area contributed by atoms with E-state index in [-0.39, 0.29) is 24.2 Å². The number of nitrogens with one attached hydrogen (secondary N) is 1. The van der Waals surface area contributed by atoms with Crippen molar-refractivity contribution >= 4 is 11.8 Å². The van der Waals surface area contributed by atoms with E-state index in [2.05, 4.69) is 23.5 Å². The van der Waals surface area contributed by atoms with Crippen molar-refractivity contribution < 1.29 is 18.7 Å². The number of fused-ring (bicyclic) bond motifs is 1. The number of furan rings is 1. The Morgan fingerprint density at radius 2 is 1.88 bits per heavy atom. The molecule has 2 heterocycles. The van der Waals surface area contributed by atoms with Gasteiger partial charge in [0.15, 0.2) is 5.76 Å². The van der Waals surface area contributed by atoms with Gasteiger partial charge in [-0.25, -0.2) is 0 Å². The lowest BCUT2D eigenvalue weighted by atomic mass is 9.99. The van der Waals surface area contributed by atoms with Gasteiger partial charge < -0.3 is 19.4 Å². The Morgan fingerprint density at radius 1 is 1.06 bits per heavy atom. The minimum atomic E-state index is -0.285. The molecule has 0 radical (unpaired) electrons. The summed E-state index contributed by atoms with van der Waals surface area (Å²) in [5.74, 6) is 1.47. The number of nitrogens with zero attached hydrogens (tertiary/aromatic N) is 1. The van der Waals surface area contributed by atoms with Gasteiger partial charge in [0.1, 0.15) is 18.1 Å². The molecule has 4 rings (SSSR count). The maximum absolute atomic E-state index is 12.5. The third kappa shape index (κ3) is 5.83. The molecule has 0 bridgehead atoms. The summed E-state index contributed by atoms with van der Waals surface area (Å²) < 4.78 is 11.4. The predicted molar refractivity (Wildman–Crippen MR) is 126 cm³/mol. The second-order valence-electron chi connectivity index (χ2n) is 8.52. The zero-order chi connectivity index (χ0) is 23.2. The highest BCUT2D eigenvalue weighted by Gasteiger charge is 2.20. The molecule has 0 unspecified atom stereocenters. The fraction of sp³-hybridized carbons (Fsp3) is 0.333. The van der Waals surface area contributed by atoms with Crippen LogP contribution >= 0.6 is 0 Å². The molecule has 0 fully saturated rings. The number of carbonyl (C=O) groups excluding carboxylic acids is 2. The van der Waals surface area contributed by atoms with Crippen molar-refractivity contribution in [1.82, 2.24) is 10.2 Å². The maximum Gasteiger partial charge on any atom is 0.286 e. The molecule has 2 aromatic carbocycles. The van der Waals surface area contributed by atoms with Gasteiger partial charge in [0.05, 0.1) is 0 Å². The molecule has 3 aromatic rings. The summed E-state index contributed by atoms with van der Waals surface area (Å²) in [7, 11) is 0. The van der Waals surface area contributed by atoms with Crippen molar-refractivity contribution in [2.24, 2.45) is 0 Å². The standard InChI is InChI=1S/C27H30N2O4/c1-19-9-11-24(20(2)16-19)32-18-23-10-12-25(33-23)27(31)28-14-5-8-26(30)29-15-13-21-6-3-4-7-22(21)17-29/h3-4,6-7,9-12,16H,5,8,13-15,17-18H2,1-2H3,(H,28,31). The van der Waals surface area contributed by atoms with Crippen molar-refractivity contribution in [2.75, 3.05) is 13.1 Å². The Morgan fingerprint density at radius 3 is 2.70 bits per heavy atom. The van der Waals surface area contributed by atoms with E-state index in [0.29, 0.717) is 31.7 Å². The second-order valence-corrected chi connectivity index (χ2v) is 8.52. The lowest BCUT2D eigenvalue weighted by Crippen LogP contribution is -2.36. The summed E-state index contributed by atoms with van der Waals surface area (Å²) in [6.45, 7) is 6.13. The Hall–Kier alpha value is -3.54. The number of carbonyl (C=O) groups is 2. The molecule has 6 heteroatoms. The molecule has 0 spiro atoms. The van der Waals surface area contributed by atoms with Crippen molar-refractivity contribution in [1.29, 1.82) is 0 Å². The second kappa shape index (κ2) is 10.4. The molecule has 1 aliphatic rings. The molecule has 1 aromatic heterocycles. The predicted octanol–water partition coefficient (Wildman–Crippen LogP) is 4.57. The zero-order valence-corrected chi connectivity index (χ0v) is 19.2. The van der Waals surface area contributed by atoms with Gasteiger partial charge in [-0.15, -0.1) is 0 Å². The smallest absolute Gasteiger partial charge is 0.286 e. The molecule has 1 N–H and O–H groups in total. The first-order chi connectivity index (χ1) is 16.0. The molecule has 172 valence electrons. The van der Waals surface area contributed by atoms with Gasteiger partial charge in [0.25, 0.3) is 5.91 Å². The third-order valence-corrected chi connectivity index (χ3v) is 5.92. The summed E-state index contributed by atoms with van der Waals surface area (Å²) in [6.07, 6.45) is 1.90. The van der Waals surface area contributed by atoms with Crippen LogP contribution in [0, 0.1) is 13.8 Å². The fourth-order valence-corrected chi connectivity index (χ4v) is 4.08. The summed E-state index contributed by atoms with van der Waals surface area (Å²) in [5, 5.41) is 2.83. The van der Waals surface area contributed by atoms with Crippen LogP contribution in [0.25, 0.3) is 0 Å². The van der Waals surface area contributed by atoms with Crippen molar-refractivity contribution in [3.63, 3.8) is 0 Å². The molecule has 0 aliphatic carbocycles. The fourth-order valence-electron chi connectivity index (χ4n) is 4.08. The quantitative estimate of drug-likeness (QED) is 0.515. The van der Waals surface area contributed by atoms with Crippen LogP contribution in [0.4, 0.5) is 0 Å². The number of ether oxygens (including phenoxy) is 1. The van der Waals surface area contributed by atoms with Crippen LogP contribution < -0.4 is 10.1 Å². The van der Waals surface area contributed by atoms with Crippen LogP contribution in [0.1, 0.15) is 51.4 Å². The Labute approximate surface area is 194 Å². The van der Waals surface area contributed by atoms with E-state index in [1.54, 1.807) is 12.1 Å². The van der Waals surface area contributed by atoms with E-state index in [0.717, 1.165) is 24.3 Å². The Bertz CT molecular complexity index is 1130. The summed E-state index contributed by atoms with van der Waals surface area (Å²) >= 11 is 0. The first-order valence-corrected chi connectivity index (χ1v) is 11.4. The number of hydrogen-bond donors (Lipinski definition) is 1. The first-order valence-electron chi connectivity index (χ1n) is 11.4. The van der Waals surface area contributed by atoms with Gasteiger partial charge in [0, 0.05) is 26.1 Å². The normalized spacial score (nSPS) is 12.8. The van der Waals surface area contributed by atoms with Crippen molar-refractivity contribution in [3.05, 3.63) is 88.4 Å². The Balaban J connectivity index is 1.18. The highest BCUT2D eigenvalue weighted by atomic mass is 16.5. The largest absolute Gasteiger partial charge is 0.485 e. The van der Waals surface area contributed by atoms with Crippen molar-refractivity contribution in [2.45, 2.75) is 46.3 Å². The minimum Gasteiger partial charge on any atom is -0.485 e. The molecule has 33 heavy (non-hydrogen) atoms. The molecular formula is C27H30N2O4. The van der Waals surface area contributed by atoms with Gasteiger partial charge in [-0.2, -0.15) is 0 Å². The summed E-state index contributed by atoms with van der Waals surface area (Å²) in [6, 6.07) is 17.6. The number of amides is 2. The highest BCUT2D eigenvalue weighted by molar-refractivity contribution is 5.91. The average Bonchev–Trinajstić information content (AvgIpc) is 3.30. The van der Waals surface area contributed by atoms with Crippen LogP contribution in [0.2, 0.25) is 0 Å². The summed E-state index contributed by atoms with van der Waals surface area (Å²) in [4.78, 5) is 26.8. The van der Waals surface area contributed by atoms with Crippen LogP contribution in [0.15, 0.2) is 59.0 Å². The van der Waals surface area contributed by atoms with Crippen LogP contribution in [0.3, 0.4) is 0 Å². The van der Waals surface area contributed by atoms with E-state index in [1.165, 1.54) is 16.7 Å². The lowest BCUT2D eigenvalue weighted by Gasteiger charge is -2.29.